The summed E-state index contributed by atoms with van der Waals surface area (Å²) in [5.41, 5.74) is 1.45. The van der Waals surface area contributed by atoms with Gasteiger partial charge in [-0.05, 0) is 0 Å². The third kappa shape index (κ3) is 3.88. The Morgan fingerprint density at radius 2 is 1.31 bits per heavy atom. The van der Waals surface area contributed by atoms with Gasteiger partial charge in [-0.1, -0.05) is 0 Å². The van der Waals surface area contributed by atoms with Crippen molar-refractivity contribution in [1.29, 1.82) is 0 Å². The van der Waals surface area contributed by atoms with Crippen LogP contribution in [0.5, 0.6) is 23.0 Å². The molecule has 0 atom stereocenters. The molecule has 0 aliphatic carbocycles. The van der Waals surface area contributed by atoms with Crippen LogP contribution in [0.15, 0.2) is 18.2 Å². The van der Waals surface area contributed by atoms with Crippen molar-refractivity contribution in [3.8, 4) is 23.0 Å². The van der Waals surface area contributed by atoms with Crippen molar-refractivity contribution in [3.63, 3.8) is 0 Å². The van der Waals surface area contributed by atoms with E-state index in [4.69, 9.17) is 35.5 Å². The van der Waals surface area contributed by atoms with E-state index in [1.54, 1.807) is 35.4 Å². The molecule has 10 heteroatoms. The number of hydrogen-bond acceptors (Lipinski definition) is 8. The molecule has 166 valence electrons. The molecule has 0 aliphatic heterocycles. The van der Waals surface area contributed by atoms with Crippen LogP contribution >= 0.6 is 11.6 Å². The summed E-state index contributed by atoms with van der Waals surface area (Å²) in [5, 5.41) is 1.94. The number of fused-ring (bicyclic) bond motifs is 2. The predicted molar refractivity (Wildman–Crippen MR) is 125 cm³/mol. The molecule has 0 aliphatic rings. The van der Waals surface area contributed by atoms with E-state index < -0.39 is 0 Å². The monoisotopic (exact) mass is 520 g/mol. The summed E-state index contributed by atoms with van der Waals surface area (Å²) in [6.07, 6.45) is 0. The van der Waals surface area contributed by atoms with E-state index in [9.17, 15) is 0 Å². The molecule has 4 aromatic rings. The first-order valence-electron chi connectivity index (χ1n) is 9.57. The van der Waals surface area contributed by atoms with Gasteiger partial charge in [-0.3, -0.25) is 0 Å². The molecule has 32 heavy (non-hydrogen) atoms. The summed E-state index contributed by atoms with van der Waals surface area (Å²) < 4.78 is 24.0. The van der Waals surface area contributed by atoms with Gasteiger partial charge in [0.2, 0.25) is 0 Å². The Kier molecular flexibility index (Phi) is 6.24. The molecular weight excluding hydrogens is 499 g/mol. The van der Waals surface area contributed by atoms with Crippen LogP contribution in [0.4, 0.5) is 0 Å². The Labute approximate surface area is 196 Å². The number of hydrogen-bond donors (Lipinski definition) is 0. The third-order valence-corrected chi connectivity index (χ3v) is 7.41. The zero-order chi connectivity index (χ0) is 23.0. The maximum atomic E-state index is 6.59. The molecular formula is C22H21ClN4O4Se. The Balaban J connectivity index is 2.03. The summed E-state index contributed by atoms with van der Waals surface area (Å²) in [6, 6.07) is 5.55. The van der Waals surface area contributed by atoms with Gasteiger partial charge >= 0.3 is 197 Å². The molecule has 0 saturated carbocycles. The van der Waals surface area contributed by atoms with Gasteiger partial charge in [-0.25, -0.2) is 0 Å². The van der Waals surface area contributed by atoms with Crippen LogP contribution in [0.1, 0.15) is 11.6 Å². The average Bonchev–Trinajstić information content (AvgIpc) is 2.77. The molecule has 0 N–H and O–H groups in total. The summed E-state index contributed by atoms with van der Waals surface area (Å²) in [7, 11) is 6.39. The Morgan fingerprint density at radius 1 is 0.719 bits per heavy atom. The SMILES string of the molecule is COc1cc2nc(C)nc([Se]c3c(OC)c(OC)cc4nc(C)nc(Cl)c34)c2cc1OC. The average molecular weight is 520 g/mol. The number of methoxy groups -OCH3 is 4. The van der Waals surface area contributed by atoms with Crippen molar-refractivity contribution in [2.45, 2.75) is 13.8 Å². The number of halogens is 1. The molecule has 2 aromatic heterocycles. The van der Waals surface area contributed by atoms with Crippen molar-refractivity contribution < 1.29 is 18.9 Å². The molecule has 0 spiro atoms. The molecule has 2 aromatic carbocycles. The quantitative estimate of drug-likeness (QED) is 0.284. The van der Waals surface area contributed by atoms with Gasteiger partial charge in [0.25, 0.3) is 0 Å². The second kappa shape index (κ2) is 8.94. The molecule has 2 heterocycles. The van der Waals surface area contributed by atoms with E-state index >= 15 is 0 Å². The first-order chi connectivity index (χ1) is 15.4. The topological polar surface area (TPSA) is 88.5 Å². The molecule has 8 nitrogen and oxygen atoms in total. The third-order valence-electron chi connectivity index (χ3n) is 4.83. The number of aromatic nitrogens is 4. The molecule has 4 rings (SSSR count). The molecule has 0 radical (unpaired) electrons. The number of benzene rings is 2. The minimum absolute atomic E-state index is 0.355. The van der Waals surface area contributed by atoms with Crippen LogP contribution in [0, 0.1) is 13.8 Å². The van der Waals surface area contributed by atoms with E-state index in [1.807, 2.05) is 25.1 Å². The van der Waals surface area contributed by atoms with Gasteiger partial charge < -0.3 is 0 Å². The van der Waals surface area contributed by atoms with Crippen LogP contribution in [0.3, 0.4) is 0 Å². The van der Waals surface area contributed by atoms with Gasteiger partial charge in [-0.2, -0.15) is 0 Å². The Morgan fingerprint density at radius 3 is 1.97 bits per heavy atom. The van der Waals surface area contributed by atoms with Crippen molar-refractivity contribution in [1.82, 2.24) is 19.9 Å². The van der Waals surface area contributed by atoms with Crippen LogP contribution < -0.4 is 28.0 Å². The normalized spacial score (nSPS) is 11.1. The second-order valence-corrected chi connectivity index (χ2v) is 9.25. The second-order valence-electron chi connectivity index (χ2n) is 6.80. The molecule has 0 saturated heterocycles. The summed E-state index contributed by atoms with van der Waals surface area (Å²) in [4.78, 5) is 18.3. The van der Waals surface area contributed by atoms with E-state index in [-0.39, 0.29) is 15.0 Å². The zero-order valence-corrected chi connectivity index (χ0v) is 20.9. The number of nitrogens with zero attached hydrogens (tertiary/aromatic N) is 4. The number of ether oxygens (including phenoxy) is 4. The summed E-state index contributed by atoms with van der Waals surface area (Å²) in [6.45, 7) is 3.66. The summed E-state index contributed by atoms with van der Waals surface area (Å²) >= 11 is 6.23. The van der Waals surface area contributed by atoms with Crippen LogP contribution in [-0.4, -0.2) is 63.3 Å². The zero-order valence-electron chi connectivity index (χ0n) is 18.4. The Bertz CT molecular complexity index is 1350. The molecule has 0 fully saturated rings. The van der Waals surface area contributed by atoms with E-state index in [2.05, 4.69) is 15.0 Å². The van der Waals surface area contributed by atoms with Gasteiger partial charge in [0, 0.05) is 0 Å². The van der Waals surface area contributed by atoms with E-state index in [0.29, 0.717) is 45.3 Å². The fraction of sp³-hybridized carbons (Fsp3) is 0.273. The van der Waals surface area contributed by atoms with E-state index in [0.717, 1.165) is 25.3 Å². The van der Waals surface area contributed by atoms with Gasteiger partial charge in [0.1, 0.15) is 0 Å². The number of rotatable bonds is 6. The van der Waals surface area contributed by atoms with Gasteiger partial charge in [0.05, 0.1) is 0 Å². The van der Waals surface area contributed by atoms with Gasteiger partial charge in [0.15, 0.2) is 0 Å². The number of aryl methyl sites for hydroxylation is 2. The fourth-order valence-corrected chi connectivity index (χ4v) is 6.45. The Hall–Kier alpha value is -2.87. The van der Waals surface area contributed by atoms with Crippen LogP contribution in [0.2, 0.25) is 5.15 Å². The van der Waals surface area contributed by atoms with Gasteiger partial charge in [-0.15, -0.1) is 0 Å². The first-order valence-corrected chi connectivity index (χ1v) is 11.7. The summed E-state index contributed by atoms with van der Waals surface area (Å²) in [5.74, 6) is 3.58. The standard InChI is InChI=1S/C22H21ClN4O4Se/c1-10-25-14-9-17(30-5)19(31-6)20(18(14)21(23)26-10)32-22-12-7-15(28-3)16(29-4)8-13(12)24-11(2)27-22/h7-9H,1-6H3. The van der Waals surface area contributed by atoms with Crippen LogP contribution in [-0.2, 0) is 0 Å². The van der Waals surface area contributed by atoms with Crippen LogP contribution in [0.25, 0.3) is 21.8 Å². The van der Waals surface area contributed by atoms with E-state index in [1.165, 1.54) is 0 Å². The maximum absolute atomic E-state index is 6.59. The minimum atomic E-state index is -0.355. The van der Waals surface area contributed by atoms with Crippen molar-refractivity contribution >= 4 is 57.4 Å². The first kappa shape index (κ1) is 22.3. The van der Waals surface area contributed by atoms with Crippen molar-refractivity contribution in [3.05, 3.63) is 35.0 Å². The predicted octanol–water partition coefficient (Wildman–Crippen LogP) is 2.53. The molecule has 0 unspecified atom stereocenters. The van der Waals surface area contributed by atoms with Crippen molar-refractivity contribution in [2.24, 2.45) is 0 Å². The molecule has 0 bridgehead atoms. The fourth-order valence-electron chi connectivity index (χ4n) is 3.44. The molecule has 0 amide bonds. The van der Waals surface area contributed by atoms with Crippen molar-refractivity contribution in [2.75, 3.05) is 28.4 Å².